The Kier molecular flexibility index (Phi) is 6.84. The minimum atomic E-state index is -4.24. The summed E-state index contributed by atoms with van der Waals surface area (Å²) in [5.74, 6) is 0.639. The van der Waals surface area contributed by atoms with Gasteiger partial charge in [0.15, 0.2) is 0 Å². The summed E-state index contributed by atoms with van der Waals surface area (Å²) < 4.78 is 44.8. The number of hydrogen-bond donors (Lipinski definition) is 1. The third-order valence-electron chi connectivity index (χ3n) is 2.71. The summed E-state index contributed by atoms with van der Waals surface area (Å²) in [5, 5.41) is 3.31. The number of alkyl halides is 3. The molecule has 6 heteroatoms. The van der Waals surface area contributed by atoms with Crippen molar-refractivity contribution in [1.29, 1.82) is 0 Å². The largest absolute Gasteiger partial charge is 0.411 e. The van der Waals surface area contributed by atoms with Crippen LogP contribution in [0.3, 0.4) is 0 Å². The van der Waals surface area contributed by atoms with E-state index in [1.807, 2.05) is 0 Å². The molecular formula is C11H20F3NO2. The monoisotopic (exact) mass is 255 g/mol. The maximum Gasteiger partial charge on any atom is 0.411 e. The molecule has 1 fully saturated rings. The highest BCUT2D eigenvalue weighted by Crippen LogP contribution is 2.15. The molecule has 1 saturated heterocycles. The Morgan fingerprint density at radius 1 is 1.12 bits per heavy atom. The van der Waals surface area contributed by atoms with Crippen LogP contribution < -0.4 is 5.32 Å². The summed E-state index contributed by atoms with van der Waals surface area (Å²) in [7, 11) is 0. The summed E-state index contributed by atoms with van der Waals surface area (Å²) in [6.07, 6.45) is -0.875. The van der Waals surface area contributed by atoms with Gasteiger partial charge in [-0.3, -0.25) is 0 Å². The predicted octanol–water partition coefficient (Wildman–Crippen LogP) is 1.97. The average molecular weight is 255 g/mol. The van der Waals surface area contributed by atoms with E-state index in [2.05, 4.69) is 10.1 Å². The first-order chi connectivity index (χ1) is 8.08. The van der Waals surface area contributed by atoms with Crippen molar-refractivity contribution in [3.8, 4) is 0 Å². The van der Waals surface area contributed by atoms with E-state index in [0.717, 1.165) is 19.5 Å². The highest BCUT2D eigenvalue weighted by atomic mass is 19.4. The van der Waals surface area contributed by atoms with Gasteiger partial charge >= 0.3 is 6.18 Å². The Balaban J connectivity index is 1.84. The number of hydrogen-bond acceptors (Lipinski definition) is 3. The highest BCUT2D eigenvalue weighted by Gasteiger charge is 2.27. The van der Waals surface area contributed by atoms with Crippen LogP contribution in [0, 0.1) is 5.92 Å². The third-order valence-corrected chi connectivity index (χ3v) is 2.71. The number of ether oxygens (including phenoxy) is 2. The lowest BCUT2D eigenvalue weighted by Gasteiger charge is -2.22. The molecule has 0 aromatic heterocycles. The highest BCUT2D eigenvalue weighted by molar-refractivity contribution is 4.68. The molecule has 1 rings (SSSR count). The van der Waals surface area contributed by atoms with Crippen LogP contribution >= 0.6 is 0 Å². The van der Waals surface area contributed by atoms with Crippen LogP contribution in [0.2, 0.25) is 0 Å². The van der Waals surface area contributed by atoms with Gasteiger partial charge in [-0.1, -0.05) is 0 Å². The van der Waals surface area contributed by atoms with Gasteiger partial charge in [-0.05, 0) is 38.3 Å². The van der Waals surface area contributed by atoms with Crippen molar-refractivity contribution in [2.45, 2.75) is 25.4 Å². The molecule has 0 bridgehead atoms. The van der Waals surface area contributed by atoms with E-state index < -0.39 is 12.8 Å². The first kappa shape index (κ1) is 14.7. The smallest absolute Gasteiger partial charge is 0.379 e. The van der Waals surface area contributed by atoms with Crippen LogP contribution in [0.4, 0.5) is 13.2 Å². The van der Waals surface area contributed by atoms with Crippen molar-refractivity contribution < 1.29 is 22.6 Å². The molecule has 1 aliphatic heterocycles. The summed E-state index contributed by atoms with van der Waals surface area (Å²) in [6.45, 7) is 1.75. The Labute approximate surface area is 99.7 Å². The second-order valence-electron chi connectivity index (χ2n) is 4.28. The zero-order chi connectivity index (χ0) is 12.6. The zero-order valence-corrected chi connectivity index (χ0v) is 9.89. The van der Waals surface area contributed by atoms with Gasteiger partial charge in [-0.2, -0.15) is 13.2 Å². The van der Waals surface area contributed by atoms with Crippen LogP contribution in [-0.2, 0) is 9.47 Å². The number of halogens is 3. The third kappa shape index (κ3) is 8.40. The second kappa shape index (κ2) is 7.89. The van der Waals surface area contributed by atoms with Crippen LogP contribution in [0.15, 0.2) is 0 Å². The second-order valence-corrected chi connectivity index (χ2v) is 4.28. The van der Waals surface area contributed by atoms with Crippen molar-refractivity contribution >= 4 is 0 Å². The molecule has 1 N–H and O–H groups in total. The quantitative estimate of drug-likeness (QED) is 0.706. The van der Waals surface area contributed by atoms with Crippen molar-refractivity contribution in [2.75, 3.05) is 39.5 Å². The van der Waals surface area contributed by atoms with Crippen LogP contribution in [0.1, 0.15) is 19.3 Å². The van der Waals surface area contributed by atoms with Gasteiger partial charge < -0.3 is 14.8 Å². The van der Waals surface area contributed by atoms with Gasteiger partial charge in [0.25, 0.3) is 0 Å². The van der Waals surface area contributed by atoms with Crippen molar-refractivity contribution in [1.82, 2.24) is 5.32 Å². The van der Waals surface area contributed by atoms with Gasteiger partial charge in [0.05, 0.1) is 13.2 Å². The van der Waals surface area contributed by atoms with Crippen LogP contribution in [-0.4, -0.2) is 45.7 Å². The van der Waals surface area contributed by atoms with Gasteiger partial charge in [-0.25, -0.2) is 0 Å². The van der Waals surface area contributed by atoms with Crippen LogP contribution in [0.25, 0.3) is 0 Å². The van der Waals surface area contributed by atoms with Gasteiger partial charge in [0.2, 0.25) is 0 Å². The predicted molar refractivity (Wildman–Crippen MR) is 57.9 cm³/mol. The molecule has 0 radical (unpaired) electrons. The normalized spacial score (nSPS) is 21.7. The number of rotatable bonds is 7. The minimum absolute atomic E-state index is 0.00241. The number of piperidine rings is 1. The molecule has 102 valence electrons. The lowest BCUT2D eigenvalue weighted by atomic mass is 9.97. The Morgan fingerprint density at radius 2 is 1.88 bits per heavy atom. The molecule has 0 amide bonds. The molecule has 0 spiro atoms. The summed E-state index contributed by atoms with van der Waals surface area (Å²) >= 11 is 0. The van der Waals surface area contributed by atoms with E-state index in [0.29, 0.717) is 12.5 Å². The lowest BCUT2D eigenvalue weighted by Crippen LogP contribution is -2.30. The Morgan fingerprint density at radius 3 is 2.53 bits per heavy atom. The van der Waals surface area contributed by atoms with Crippen molar-refractivity contribution in [2.24, 2.45) is 5.92 Å². The molecule has 3 nitrogen and oxygen atoms in total. The maximum atomic E-state index is 11.7. The molecule has 0 aromatic carbocycles. The van der Waals surface area contributed by atoms with Crippen LogP contribution in [0.5, 0.6) is 0 Å². The fourth-order valence-electron chi connectivity index (χ4n) is 1.83. The molecule has 17 heavy (non-hydrogen) atoms. The molecule has 0 aliphatic carbocycles. The van der Waals surface area contributed by atoms with Gasteiger partial charge in [0, 0.05) is 6.61 Å². The first-order valence-corrected chi connectivity index (χ1v) is 6.01. The Hall–Kier alpha value is -0.330. The topological polar surface area (TPSA) is 30.5 Å². The molecule has 0 aromatic rings. The molecule has 1 aliphatic rings. The van der Waals surface area contributed by atoms with Crippen molar-refractivity contribution in [3.05, 3.63) is 0 Å². The fourth-order valence-corrected chi connectivity index (χ4v) is 1.83. The van der Waals surface area contributed by atoms with E-state index in [1.54, 1.807) is 0 Å². The van der Waals surface area contributed by atoms with E-state index in [9.17, 15) is 13.2 Å². The molecule has 1 atom stereocenters. The maximum absolute atomic E-state index is 11.7. The fraction of sp³-hybridized carbons (Fsp3) is 1.00. The average Bonchev–Trinajstić information content (AvgIpc) is 2.28. The van der Waals surface area contributed by atoms with E-state index >= 15 is 0 Å². The van der Waals surface area contributed by atoms with Gasteiger partial charge in [0.1, 0.15) is 6.61 Å². The molecule has 0 saturated carbocycles. The van der Waals surface area contributed by atoms with E-state index in [4.69, 9.17) is 4.74 Å². The minimum Gasteiger partial charge on any atom is -0.379 e. The van der Waals surface area contributed by atoms with Gasteiger partial charge in [-0.15, -0.1) is 0 Å². The Bertz CT molecular complexity index is 194. The van der Waals surface area contributed by atoms with Crippen molar-refractivity contribution in [3.63, 3.8) is 0 Å². The summed E-state index contributed by atoms with van der Waals surface area (Å²) in [4.78, 5) is 0. The van der Waals surface area contributed by atoms with E-state index in [-0.39, 0.29) is 13.2 Å². The molecule has 1 unspecified atom stereocenters. The number of nitrogens with one attached hydrogen (secondary N) is 1. The summed E-state index contributed by atoms with van der Waals surface area (Å²) in [5.41, 5.74) is 0. The standard InChI is InChI=1S/C11H20F3NO2/c12-11(13,14)9-17-7-6-16-5-3-10-2-1-4-15-8-10/h10,15H,1-9H2. The van der Waals surface area contributed by atoms with E-state index in [1.165, 1.54) is 12.8 Å². The zero-order valence-electron chi connectivity index (χ0n) is 9.89. The summed E-state index contributed by atoms with van der Waals surface area (Å²) in [6, 6.07) is 0. The molecular weight excluding hydrogens is 235 g/mol. The lowest BCUT2D eigenvalue weighted by molar-refractivity contribution is -0.176. The first-order valence-electron chi connectivity index (χ1n) is 6.01. The molecule has 1 heterocycles. The SMILES string of the molecule is FC(F)(F)COCCOCCC1CCCNC1.